The summed E-state index contributed by atoms with van der Waals surface area (Å²) >= 11 is 1.94. The Hall–Kier alpha value is -1.19. The van der Waals surface area contributed by atoms with Gasteiger partial charge in [0.05, 0.1) is 11.7 Å². The van der Waals surface area contributed by atoms with Crippen molar-refractivity contribution in [2.24, 2.45) is 0 Å². The molecule has 2 nitrogen and oxygen atoms in total. The number of aromatic nitrogens is 1. The first-order valence-electron chi connectivity index (χ1n) is 8.12. The quantitative estimate of drug-likeness (QED) is 0.860. The number of hydrogen-bond donors (Lipinski definition) is 1. The van der Waals surface area contributed by atoms with Crippen molar-refractivity contribution in [1.29, 1.82) is 0 Å². The molecule has 0 saturated carbocycles. The molecule has 3 rings (SSSR count). The maximum Gasteiger partial charge on any atom is 0.110 e. The second kappa shape index (κ2) is 7.19. The summed E-state index contributed by atoms with van der Waals surface area (Å²) in [7, 11) is 0. The Morgan fingerprint density at radius 1 is 1.19 bits per heavy atom. The average Bonchev–Trinajstić information content (AvgIpc) is 2.96. The lowest BCUT2D eigenvalue weighted by molar-refractivity contribution is 0.525. The van der Waals surface area contributed by atoms with Gasteiger partial charge in [-0.2, -0.15) is 0 Å². The van der Waals surface area contributed by atoms with Gasteiger partial charge in [0.2, 0.25) is 0 Å². The zero-order chi connectivity index (χ0) is 14.5. The van der Waals surface area contributed by atoms with Crippen molar-refractivity contribution in [3.8, 4) is 0 Å². The second-order valence-electron chi connectivity index (χ2n) is 5.83. The highest BCUT2D eigenvalue weighted by atomic mass is 32.1. The fourth-order valence-electron chi connectivity index (χ4n) is 2.94. The lowest BCUT2D eigenvalue weighted by Gasteiger charge is -2.16. The number of rotatable bonds is 6. The van der Waals surface area contributed by atoms with E-state index < -0.39 is 0 Å². The molecular formula is C18H24N2S. The predicted octanol–water partition coefficient (Wildman–Crippen LogP) is 4.31. The van der Waals surface area contributed by atoms with E-state index in [9.17, 15) is 0 Å². The van der Waals surface area contributed by atoms with Crippen LogP contribution in [0.5, 0.6) is 0 Å². The van der Waals surface area contributed by atoms with Crippen molar-refractivity contribution in [3.05, 3.63) is 51.5 Å². The van der Waals surface area contributed by atoms with Crippen LogP contribution in [-0.4, -0.2) is 11.5 Å². The number of aryl methyl sites for hydroxylation is 2. The second-order valence-corrected chi connectivity index (χ2v) is 6.94. The summed E-state index contributed by atoms with van der Waals surface area (Å²) in [5.74, 6) is 0. The van der Waals surface area contributed by atoms with E-state index >= 15 is 0 Å². The molecule has 21 heavy (non-hydrogen) atoms. The Bertz CT molecular complexity index is 538. The van der Waals surface area contributed by atoms with Gasteiger partial charge in [0.15, 0.2) is 0 Å². The molecule has 2 aromatic rings. The van der Waals surface area contributed by atoms with E-state index in [0.717, 1.165) is 19.4 Å². The molecule has 1 heterocycles. The minimum absolute atomic E-state index is 0.364. The van der Waals surface area contributed by atoms with Crippen LogP contribution in [0.25, 0.3) is 0 Å². The Balaban J connectivity index is 1.79. The summed E-state index contributed by atoms with van der Waals surface area (Å²) < 4.78 is 0. The van der Waals surface area contributed by atoms with Crippen molar-refractivity contribution in [2.45, 2.75) is 51.5 Å². The van der Waals surface area contributed by atoms with Gasteiger partial charge in [-0.3, -0.25) is 0 Å². The van der Waals surface area contributed by atoms with Crippen molar-refractivity contribution in [3.63, 3.8) is 0 Å². The van der Waals surface area contributed by atoms with Crippen LogP contribution in [0.3, 0.4) is 0 Å². The van der Waals surface area contributed by atoms with Crippen LogP contribution in [0, 0.1) is 0 Å². The van der Waals surface area contributed by atoms with Crippen LogP contribution in [0.15, 0.2) is 30.3 Å². The Morgan fingerprint density at radius 2 is 2.00 bits per heavy atom. The van der Waals surface area contributed by atoms with Gasteiger partial charge >= 0.3 is 0 Å². The number of benzene rings is 1. The number of nitrogens with one attached hydrogen (secondary N) is 1. The molecule has 0 aliphatic heterocycles. The summed E-state index contributed by atoms with van der Waals surface area (Å²) in [6.07, 6.45) is 7.25. The smallest absolute Gasteiger partial charge is 0.110 e. The molecule has 1 unspecified atom stereocenters. The molecule has 1 atom stereocenters. The van der Waals surface area contributed by atoms with Gasteiger partial charge in [0, 0.05) is 4.88 Å². The number of nitrogens with zero attached hydrogens (tertiary/aromatic N) is 1. The molecule has 1 aliphatic carbocycles. The van der Waals surface area contributed by atoms with Crippen molar-refractivity contribution < 1.29 is 0 Å². The maximum absolute atomic E-state index is 4.96. The van der Waals surface area contributed by atoms with Gasteiger partial charge in [-0.1, -0.05) is 37.3 Å². The summed E-state index contributed by atoms with van der Waals surface area (Å²) in [5, 5.41) is 4.98. The van der Waals surface area contributed by atoms with Gasteiger partial charge in [-0.05, 0) is 50.6 Å². The summed E-state index contributed by atoms with van der Waals surface area (Å²) in [6, 6.07) is 11.1. The molecule has 112 valence electrons. The van der Waals surface area contributed by atoms with Gasteiger partial charge < -0.3 is 5.32 Å². The SMILES string of the molecule is CCCNC(Cc1ccccc1)c1nc2c(s1)CCCC2. The topological polar surface area (TPSA) is 24.9 Å². The molecule has 3 heteroatoms. The van der Waals surface area contributed by atoms with Crippen LogP contribution < -0.4 is 5.32 Å². The Morgan fingerprint density at radius 3 is 2.76 bits per heavy atom. The lowest BCUT2D eigenvalue weighted by atomic mass is 10.0. The minimum atomic E-state index is 0.364. The van der Waals surface area contributed by atoms with Crippen LogP contribution in [0.2, 0.25) is 0 Å². The third-order valence-electron chi connectivity index (χ3n) is 4.08. The van der Waals surface area contributed by atoms with Crippen molar-refractivity contribution in [1.82, 2.24) is 10.3 Å². The molecule has 0 spiro atoms. The minimum Gasteiger partial charge on any atom is -0.308 e. The zero-order valence-electron chi connectivity index (χ0n) is 12.8. The fraction of sp³-hybridized carbons (Fsp3) is 0.500. The van der Waals surface area contributed by atoms with Crippen LogP contribution in [-0.2, 0) is 19.3 Å². The highest BCUT2D eigenvalue weighted by Crippen LogP contribution is 2.31. The van der Waals surface area contributed by atoms with E-state index in [0.29, 0.717) is 6.04 Å². The molecule has 0 bridgehead atoms. The lowest BCUT2D eigenvalue weighted by Crippen LogP contribution is -2.24. The largest absolute Gasteiger partial charge is 0.308 e. The Kier molecular flexibility index (Phi) is 5.04. The molecule has 1 aliphatic rings. The zero-order valence-corrected chi connectivity index (χ0v) is 13.6. The van der Waals surface area contributed by atoms with Gasteiger partial charge in [0.1, 0.15) is 5.01 Å². The van der Waals surface area contributed by atoms with Crippen molar-refractivity contribution in [2.75, 3.05) is 6.54 Å². The highest BCUT2D eigenvalue weighted by molar-refractivity contribution is 7.11. The summed E-state index contributed by atoms with van der Waals surface area (Å²) in [6.45, 7) is 3.28. The predicted molar refractivity (Wildman–Crippen MR) is 89.9 cm³/mol. The number of thiazole rings is 1. The van der Waals surface area contributed by atoms with E-state index in [1.165, 1.54) is 46.8 Å². The standard InChI is InChI=1S/C18H24N2S/c1-2-12-19-16(13-14-8-4-3-5-9-14)18-20-15-10-6-7-11-17(15)21-18/h3-5,8-9,16,19H,2,6-7,10-13H2,1H3. The third-order valence-corrected chi connectivity index (χ3v) is 5.35. The van der Waals surface area contributed by atoms with Crippen LogP contribution in [0.4, 0.5) is 0 Å². The monoisotopic (exact) mass is 300 g/mol. The van der Waals surface area contributed by atoms with Gasteiger partial charge in [-0.25, -0.2) is 4.98 Å². The molecular weight excluding hydrogens is 276 g/mol. The highest BCUT2D eigenvalue weighted by Gasteiger charge is 2.20. The average molecular weight is 300 g/mol. The molecule has 0 saturated heterocycles. The first-order chi connectivity index (χ1) is 10.4. The van der Waals surface area contributed by atoms with Crippen molar-refractivity contribution >= 4 is 11.3 Å². The molecule has 0 fully saturated rings. The van der Waals surface area contributed by atoms with E-state index in [1.54, 1.807) is 0 Å². The molecule has 1 aromatic carbocycles. The summed E-state index contributed by atoms with van der Waals surface area (Å²) in [4.78, 5) is 6.49. The van der Waals surface area contributed by atoms with Gasteiger partial charge in [-0.15, -0.1) is 11.3 Å². The molecule has 0 amide bonds. The Labute approximate surface area is 131 Å². The van der Waals surface area contributed by atoms with E-state index in [2.05, 4.69) is 42.6 Å². The fourth-order valence-corrected chi connectivity index (χ4v) is 4.17. The third kappa shape index (κ3) is 3.72. The molecule has 1 N–H and O–H groups in total. The normalized spacial score (nSPS) is 15.7. The van der Waals surface area contributed by atoms with E-state index in [-0.39, 0.29) is 0 Å². The van der Waals surface area contributed by atoms with Crippen LogP contribution >= 0.6 is 11.3 Å². The summed E-state index contributed by atoms with van der Waals surface area (Å²) in [5.41, 5.74) is 2.76. The first kappa shape index (κ1) is 14.7. The maximum atomic E-state index is 4.96. The van der Waals surface area contributed by atoms with E-state index in [1.807, 2.05) is 11.3 Å². The number of fused-ring (bicyclic) bond motifs is 1. The first-order valence-corrected chi connectivity index (χ1v) is 8.94. The van der Waals surface area contributed by atoms with Crippen LogP contribution in [0.1, 0.15) is 53.4 Å². The molecule has 0 radical (unpaired) electrons. The number of hydrogen-bond acceptors (Lipinski definition) is 3. The molecule has 1 aromatic heterocycles. The van der Waals surface area contributed by atoms with Gasteiger partial charge in [0.25, 0.3) is 0 Å². The van der Waals surface area contributed by atoms with E-state index in [4.69, 9.17) is 4.98 Å².